The number of hydrogen-bond donors (Lipinski definition) is 6. The van der Waals surface area contributed by atoms with E-state index in [0.717, 1.165) is 29.4 Å². The van der Waals surface area contributed by atoms with Crippen molar-refractivity contribution in [1.29, 1.82) is 0 Å². The van der Waals surface area contributed by atoms with Crippen molar-refractivity contribution in [3.8, 4) is 11.1 Å². The molecule has 1 unspecified atom stereocenters. The summed E-state index contributed by atoms with van der Waals surface area (Å²) >= 11 is 0. The van der Waals surface area contributed by atoms with E-state index in [2.05, 4.69) is 50.8 Å². The number of benzene rings is 3. The maximum Gasteiger partial charge on any atom is 0.409 e. The molecule has 0 radical (unpaired) electrons. The molecule has 0 aliphatic rings. The molecular formula is C38H51N5O7. The van der Waals surface area contributed by atoms with Gasteiger partial charge in [-0.05, 0) is 40.5 Å². The summed E-state index contributed by atoms with van der Waals surface area (Å²) < 4.78 is 9.56. The molecule has 0 spiro atoms. The highest BCUT2D eigenvalue weighted by molar-refractivity contribution is 5.96. The quantitative estimate of drug-likeness (QED) is 0.122. The van der Waals surface area contributed by atoms with Crippen molar-refractivity contribution in [1.82, 2.24) is 26.6 Å². The fraction of sp³-hybridized carbons (Fsp3) is 0.421. The largest absolute Gasteiger partial charge is 0.453 e. The van der Waals surface area contributed by atoms with Gasteiger partial charge in [-0.1, -0.05) is 113 Å². The summed E-state index contributed by atoms with van der Waals surface area (Å²) in [4.78, 5) is 53.1. The van der Waals surface area contributed by atoms with Crippen molar-refractivity contribution >= 4 is 24.0 Å². The minimum Gasteiger partial charge on any atom is -0.453 e. The average Bonchev–Trinajstić information content (AvgIpc) is 3.12. The predicted octanol–water partition coefficient (Wildman–Crippen LogP) is 4.13. The first-order valence-corrected chi connectivity index (χ1v) is 16.7. The van der Waals surface area contributed by atoms with Crippen LogP contribution in [0.15, 0.2) is 84.9 Å². The molecule has 3 rings (SSSR count). The number of hydrogen-bond acceptors (Lipinski definition) is 8. The summed E-state index contributed by atoms with van der Waals surface area (Å²) in [6, 6.07) is 26.5. The van der Waals surface area contributed by atoms with Gasteiger partial charge < -0.3 is 35.8 Å². The number of amides is 4. The average molecular weight is 690 g/mol. The molecule has 6 N–H and O–H groups in total. The fourth-order valence-electron chi connectivity index (χ4n) is 5.43. The lowest BCUT2D eigenvalue weighted by Crippen LogP contribution is -2.75. The number of rotatable bonds is 16. The minimum absolute atomic E-state index is 0.350. The van der Waals surface area contributed by atoms with Gasteiger partial charge in [0, 0.05) is 25.0 Å². The van der Waals surface area contributed by atoms with Gasteiger partial charge in [-0.3, -0.25) is 14.9 Å². The van der Waals surface area contributed by atoms with Crippen LogP contribution in [0.4, 0.5) is 9.59 Å². The van der Waals surface area contributed by atoms with Crippen molar-refractivity contribution in [2.75, 3.05) is 27.4 Å². The monoisotopic (exact) mass is 689 g/mol. The number of aliphatic hydroxyl groups excluding tert-OH is 1. The molecule has 12 nitrogen and oxygen atoms in total. The van der Waals surface area contributed by atoms with E-state index in [1.54, 1.807) is 20.8 Å². The zero-order chi connectivity index (χ0) is 36.7. The van der Waals surface area contributed by atoms with Crippen molar-refractivity contribution in [3.63, 3.8) is 0 Å². The molecule has 0 bridgehead atoms. The molecular weight excluding hydrogens is 638 g/mol. The SMILES string of the molecule is COC(=O)N[C@H](C(=O)N[C@@](NC(=O)OC)(C(=O)N[C@@H](CCc1ccccc1)CNCc1ccc(-c2ccccc2)cc1)C(C)CO)C(C)(C)C. The summed E-state index contributed by atoms with van der Waals surface area (Å²) in [6.07, 6.45) is -0.715. The Labute approximate surface area is 294 Å². The third-order valence-electron chi connectivity index (χ3n) is 8.49. The molecule has 0 aliphatic carbocycles. The van der Waals surface area contributed by atoms with Crippen LogP contribution in [0.25, 0.3) is 11.1 Å². The summed E-state index contributed by atoms with van der Waals surface area (Å²) in [7, 11) is 2.29. The number of aliphatic hydroxyl groups is 1. The topological polar surface area (TPSA) is 167 Å². The van der Waals surface area contributed by atoms with E-state index < -0.39 is 59.7 Å². The van der Waals surface area contributed by atoms with Crippen molar-refractivity contribution in [3.05, 3.63) is 96.1 Å². The zero-order valence-electron chi connectivity index (χ0n) is 29.7. The Morgan fingerprint density at radius 3 is 1.88 bits per heavy atom. The number of aryl methyl sites for hydroxylation is 1. The van der Waals surface area contributed by atoms with E-state index >= 15 is 0 Å². The maximum absolute atomic E-state index is 14.4. The lowest BCUT2D eigenvalue weighted by Gasteiger charge is -2.41. The lowest BCUT2D eigenvalue weighted by molar-refractivity contribution is -0.140. The molecule has 4 atom stereocenters. The van der Waals surface area contributed by atoms with Gasteiger partial charge in [0.1, 0.15) is 6.04 Å². The van der Waals surface area contributed by atoms with Crippen LogP contribution in [-0.4, -0.2) is 74.2 Å². The number of nitrogens with one attached hydrogen (secondary N) is 5. The Morgan fingerprint density at radius 1 is 0.740 bits per heavy atom. The van der Waals surface area contributed by atoms with Crippen LogP contribution in [0, 0.1) is 11.3 Å². The first kappa shape index (κ1) is 39.5. The predicted molar refractivity (Wildman–Crippen MR) is 192 cm³/mol. The molecule has 0 aromatic heterocycles. The molecule has 0 fully saturated rings. The minimum atomic E-state index is -2.17. The maximum atomic E-state index is 14.4. The second-order valence-corrected chi connectivity index (χ2v) is 13.3. The third kappa shape index (κ3) is 11.3. The smallest absolute Gasteiger partial charge is 0.409 e. The summed E-state index contributed by atoms with van der Waals surface area (Å²) in [5, 5.41) is 24.4. The Morgan fingerprint density at radius 2 is 1.32 bits per heavy atom. The molecule has 0 saturated carbocycles. The van der Waals surface area contributed by atoms with E-state index in [0.29, 0.717) is 25.9 Å². The van der Waals surface area contributed by atoms with Crippen LogP contribution in [0.5, 0.6) is 0 Å². The van der Waals surface area contributed by atoms with E-state index in [4.69, 9.17) is 9.47 Å². The molecule has 270 valence electrons. The normalized spacial score (nSPS) is 14.2. The van der Waals surface area contributed by atoms with Gasteiger partial charge in [0.05, 0.1) is 20.8 Å². The molecule has 0 saturated heterocycles. The third-order valence-corrected chi connectivity index (χ3v) is 8.49. The van der Waals surface area contributed by atoms with Gasteiger partial charge in [0.25, 0.3) is 5.91 Å². The van der Waals surface area contributed by atoms with E-state index in [-0.39, 0.29) is 0 Å². The second kappa shape index (κ2) is 18.7. The molecule has 50 heavy (non-hydrogen) atoms. The van der Waals surface area contributed by atoms with Gasteiger partial charge in [-0.2, -0.15) is 0 Å². The molecule has 4 amide bonds. The molecule has 3 aromatic rings. The Kier molecular flexibility index (Phi) is 14.8. The van der Waals surface area contributed by atoms with Gasteiger partial charge in [0.2, 0.25) is 11.6 Å². The van der Waals surface area contributed by atoms with Crippen LogP contribution in [-0.2, 0) is 32.0 Å². The van der Waals surface area contributed by atoms with Gasteiger partial charge in [-0.25, -0.2) is 9.59 Å². The molecule has 3 aromatic carbocycles. The van der Waals surface area contributed by atoms with E-state index in [9.17, 15) is 24.3 Å². The van der Waals surface area contributed by atoms with Crippen molar-refractivity contribution < 1.29 is 33.8 Å². The number of alkyl carbamates (subject to hydrolysis) is 2. The highest BCUT2D eigenvalue weighted by Gasteiger charge is 2.49. The van der Waals surface area contributed by atoms with Crippen LogP contribution >= 0.6 is 0 Å². The summed E-state index contributed by atoms with van der Waals surface area (Å²) in [5.41, 5.74) is 1.34. The Hall–Kier alpha value is -4.94. The van der Waals surface area contributed by atoms with Crippen LogP contribution in [0.3, 0.4) is 0 Å². The Balaban J connectivity index is 1.88. The molecule has 12 heteroatoms. The van der Waals surface area contributed by atoms with Crippen LogP contribution in [0.1, 0.15) is 45.2 Å². The van der Waals surface area contributed by atoms with Gasteiger partial charge in [-0.15, -0.1) is 0 Å². The highest BCUT2D eigenvalue weighted by atomic mass is 16.5. The summed E-state index contributed by atoms with van der Waals surface area (Å²) in [5.74, 6) is -2.58. The highest BCUT2D eigenvalue weighted by Crippen LogP contribution is 2.23. The van der Waals surface area contributed by atoms with Crippen LogP contribution < -0.4 is 26.6 Å². The molecule has 0 aliphatic heterocycles. The first-order chi connectivity index (χ1) is 23.8. The van der Waals surface area contributed by atoms with Crippen molar-refractivity contribution in [2.24, 2.45) is 11.3 Å². The molecule has 0 heterocycles. The van der Waals surface area contributed by atoms with E-state index in [1.807, 2.05) is 60.7 Å². The van der Waals surface area contributed by atoms with Crippen LogP contribution in [0.2, 0.25) is 0 Å². The van der Waals surface area contributed by atoms with Gasteiger partial charge >= 0.3 is 12.2 Å². The van der Waals surface area contributed by atoms with Crippen molar-refractivity contribution in [2.45, 2.75) is 64.8 Å². The number of carbonyl (C=O) groups is 4. The number of methoxy groups -OCH3 is 2. The fourth-order valence-corrected chi connectivity index (χ4v) is 5.43. The lowest BCUT2D eigenvalue weighted by atomic mass is 9.84. The Bertz CT molecular complexity index is 1530. The summed E-state index contributed by atoms with van der Waals surface area (Å²) in [6.45, 7) is 6.95. The zero-order valence-corrected chi connectivity index (χ0v) is 29.7. The first-order valence-electron chi connectivity index (χ1n) is 16.7. The second-order valence-electron chi connectivity index (χ2n) is 13.3. The van der Waals surface area contributed by atoms with Gasteiger partial charge in [0.15, 0.2) is 0 Å². The van der Waals surface area contributed by atoms with E-state index in [1.165, 1.54) is 14.0 Å². The number of carbonyl (C=O) groups excluding carboxylic acids is 4. The standard InChI is InChI=1S/C38H51N5O7/c1-26(25-44)38(43-36(48)50-6,42-33(45)32(37(2,3)4)41-35(47)49-5)34(46)40-31(22-19-27-13-9-7-10-14-27)24-39-23-28-17-20-30(21-18-28)29-15-11-8-12-16-29/h7-18,20-21,26,31-32,39,44H,19,22-25H2,1-6H3,(H,40,46)(H,41,47)(H,42,45)(H,43,48)/t26?,31-,32+,38-/m0/s1. The number of ether oxygens (including phenoxy) is 2.